The molecular formula is C10H9Br2NO4S2. The Morgan fingerprint density at radius 3 is 2.74 bits per heavy atom. The number of nitrogens with zero attached hydrogens (tertiary/aromatic N) is 1. The third-order valence-corrected chi connectivity index (χ3v) is 7.12. The van der Waals surface area contributed by atoms with Crippen molar-refractivity contribution in [3.63, 3.8) is 0 Å². The highest BCUT2D eigenvalue weighted by molar-refractivity contribution is 9.11. The van der Waals surface area contributed by atoms with Gasteiger partial charge >= 0.3 is 5.97 Å². The summed E-state index contributed by atoms with van der Waals surface area (Å²) in [5.41, 5.74) is 0. The Balaban J connectivity index is 2.48. The van der Waals surface area contributed by atoms with E-state index in [-0.39, 0.29) is 16.5 Å². The van der Waals surface area contributed by atoms with E-state index in [1.807, 2.05) is 0 Å². The second-order valence-corrected chi connectivity index (χ2v) is 8.45. The number of halogens is 2. The largest absolute Gasteiger partial charge is 0.480 e. The van der Waals surface area contributed by atoms with Gasteiger partial charge in [0.1, 0.15) is 6.04 Å². The molecule has 0 bridgehead atoms. The van der Waals surface area contributed by atoms with Gasteiger partial charge in [0.2, 0.25) is 10.0 Å². The van der Waals surface area contributed by atoms with E-state index in [4.69, 9.17) is 5.11 Å². The summed E-state index contributed by atoms with van der Waals surface area (Å²) < 4.78 is 27.1. The van der Waals surface area contributed by atoms with Crippen LogP contribution in [0.4, 0.5) is 0 Å². The first-order chi connectivity index (χ1) is 8.84. The second kappa shape index (κ2) is 5.72. The normalized spacial score (nSPS) is 20.6. The number of hydrogen-bond acceptors (Lipinski definition) is 4. The first-order valence-corrected chi connectivity index (χ1v) is 9.29. The number of thioether (sulfide) groups is 1. The van der Waals surface area contributed by atoms with Crippen molar-refractivity contribution < 1.29 is 18.3 Å². The topological polar surface area (TPSA) is 74.7 Å². The van der Waals surface area contributed by atoms with E-state index < -0.39 is 22.0 Å². The van der Waals surface area contributed by atoms with Gasteiger partial charge < -0.3 is 5.11 Å². The van der Waals surface area contributed by atoms with Crippen LogP contribution in [0.5, 0.6) is 0 Å². The number of sulfonamides is 1. The molecule has 1 aliphatic rings. The van der Waals surface area contributed by atoms with Gasteiger partial charge in [0.15, 0.2) is 0 Å². The number of carboxylic acids is 1. The van der Waals surface area contributed by atoms with Gasteiger partial charge in [-0.05, 0) is 34.1 Å². The molecule has 0 spiro atoms. The SMILES string of the molecule is O=C(O)[C@@H]1CSCN1S(=O)(=O)c1cc(Br)ccc1Br. The lowest BCUT2D eigenvalue weighted by molar-refractivity contribution is -0.140. The maximum absolute atomic E-state index is 12.5. The molecule has 1 heterocycles. The minimum Gasteiger partial charge on any atom is -0.480 e. The van der Waals surface area contributed by atoms with Gasteiger partial charge in [0.05, 0.1) is 10.8 Å². The molecule has 19 heavy (non-hydrogen) atoms. The first-order valence-electron chi connectivity index (χ1n) is 5.11. The quantitative estimate of drug-likeness (QED) is 0.796. The average molecular weight is 431 g/mol. The van der Waals surface area contributed by atoms with Crippen LogP contribution in [0, 0.1) is 0 Å². The lowest BCUT2D eigenvalue weighted by Crippen LogP contribution is -2.41. The van der Waals surface area contributed by atoms with E-state index in [1.165, 1.54) is 17.8 Å². The highest BCUT2D eigenvalue weighted by atomic mass is 79.9. The number of benzene rings is 1. The molecule has 2 rings (SSSR count). The molecule has 1 aromatic rings. The van der Waals surface area contributed by atoms with Crippen LogP contribution < -0.4 is 0 Å². The molecule has 1 atom stereocenters. The summed E-state index contributed by atoms with van der Waals surface area (Å²) in [6.45, 7) is 0. The highest BCUT2D eigenvalue weighted by Gasteiger charge is 2.40. The summed E-state index contributed by atoms with van der Waals surface area (Å²) in [6.07, 6.45) is 0. The molecule has 1 aliphatic heterocycles. The first kappa shape index (κ1) is 15.3. The van der Waals surface area contributed by atoms with Gasteiger partial charge in [-0.1, -0.05) is 15.9 Å². The summed E-state index contributed by atoms with van der Waals surface area (Å²) in [7, 11) is -3.83. The number of aliphatic carboxylic acids is 1. The fraction of sp³-hybridized carbons (Fsp3) is 0.300. The summed E-state index contributed by atoms with van der Waals surface area (Å²) in [5, 5.41) is 9.08. The van der Waals surface area contributed by atoms with Crippen LogP contribution in [0.1, 0.15) is 0 Å². The van der Waals surface area contributed by atoms with Crippen LogP contribution in [-0.4, -0.2) is 41.5 Å². The molecule has 0 saturated carbocycles. The molecule has 0 aliphatic carbocycles. The van der Waals surface area contributed by atoms with Crippen molar-refractivity contribution in [2.45, 2.75) is 10.9 Å². The summed E-state index contributed by atoms with van der Waals surface area (Å²) in [5.74, 6) is -0.710. The maximum Gasteiger partial charge on any atom is 0.322 e. The Kier molecular flexibility index (Phi) is 4.61. The van der Waals surface area contributed by atoms with Crippen LogP contribution in [-0.2, 0) is 14.8 Å². The van der Waals surface area contributed by atoms with E-state index in [9.17, 15) is 13.2 Å². The predicted molar refractivity (Wildman–Crippen MR) is 79.6 cm³/mol. The number of hydrogen-bond donors (Lipinski definition) is 1. The molecule has 0 aromatic heterocycles. The molecule has 1 saturated heterocycles. The third-order valence-electron chi connectivity index (χ3n) is 2.61. The van der Waals surface area contributed by atoms with Gasteiger partial charge in [-0.25, -0.2) is 8.42 Å². The fourth-order valence-corrected chi connectivity index (χ4v) is 6.26. The molecule has 1 aromatic carbocycles. The van der Waals surface area contributed by atoms with Gasteiger partial charge in [0.25, 0.3) is 0 Å². The minimum atomic E-state index is -3.83. The number of rotatable bonds is 3. The van der Waals surface area contributed by atoms with Gasteiger partial charge in [0, 0.05) is 14.7 Å². The van der Waals surface area contributed by atoms with Crippen molar-refractivity contribution in [1.29, 1.82) is 0 Å². The Labute approximate surface area is 131 Å². The molecule has 0 unspecified atom stereocenters. The molecule has 5 nitrogen and oxygen atoms in total. The number of carboxylic acid groups (broad SMARTS) is 1. The van der Waals surface area contributed by atoms with Crippen LogP contribution in [0.3, 0.4) is 0 Å². The van der Waals surface area contributed by atoms with Crippen molar-refractivity contribution in [3.8, 4) is 0 Å². The van der Waals surface area contributed by atoms with Crippen LogP contribution in [0.15, 0.2) is 32.0 Å². The summed E-state index contributed by atoms with van der Waals surface area (Å²) in [4.78, 5) is 11.2. The van der Waals surface area contributed by atoms with E-state index in [1.54, 1.807) is 12.1 Å². The number of carbonyl (C=O) groups is 1. The Hall–Kier alpha value is -0.0900. The third kappa shape index (κ3) is 2.99. The maximum atomic E-state index is 12.5. The van der Waals surface area contributed by atoms with Crippen molar-refractivity contribution in [2.24, 2.45) is 0 Å². The minimum absolute atomic E-state index is 0.0654. The zero-order valence-electron chi connectivity index (χ0n) is 9.42. The van der Waals surface area contributed by atoms with Crippen molar-refractivity contribution in [2.75, 3.05) is 11.6 Å². The molecule has 0 radical (unpaired) electrons. The lowest BCUT2D eigenvalue weighted by Gasteiger charge is -2.20. The van der Waals surface area contributed by atoms with Crippen LogP contribution in [0.2, 0.25) is 0 Å². The Morgan fingerprint density at radius 1 is 1.42 bits per heavy atom. The van der Waals surface area contributed by atoms with Crippen molar-refractivity contribution in [1.82, 2.24) is 4.31 Å². The molecule has 9 heteroatoms. The second-order valence-electron chi connectivity index (χ2n) is 3.82. The van der Waals surface area contributed by atoms with Crippen LogP contribution >= 0.6 is 43.6 Å². The van der Waals surface area contributed by atoms with Crippen molar-refractivity contribution >= 4 is 59.6 Å². The Morgan fingerprint density at radius 2 is 2.11 bits per heavy atom. The van der Waals surface area contributed by atoms with Gasteiger partial charge in [-0.2, -0.15) is 4.31 Å². The monoisotopic (exact) mass is 429 g/mol. The molecule has 104 valence electrons. The van der Waals surface area contributed by atoms with Crippen molar-refractivity contribution in [3.05, 3.63) is 27.1 Å². The zero-order valence-corrected chi connectivity index (χ0v) is 14.2. The van der Waals surface area contributed by atoms with Gasteiger partial charge in [-0.15, -0.1) is 11.8 Å². The molecule has 0 amide bonds. The summed E-state index contributed by atoms with van der Waals surface area (Å²) >= 11 is 7.69. The molecular weight excluding hydrogens is 422 g/mol. The lowest BCUT2D eigenvalue weighted by atomic mass is 10.4. The van der Waals surface area contributed by atoms with E-state index in [0.29, 0.717) is 8.95 Å². The standard InChI is InChI=1S/C10H9Br2NO4S2/c11-6-1-2-7(12)9(3-6)19(16,17)13-5-18-4-8(13)10(14)15/h1-3,8H,4-5H2,(H,14,15)/t8-/m0/s1. The molecule has 1 fully saturated rings. The zero-order chi connectivity index (χ0) is 14.2. The Bertz CT molecular complexity index is 620. The van der Waals surface area contributed by atoms with E-state index in [0.717, 1.165) is 4.31 Å². The smallest absolute Gasteiger partial charge is 0.322 e. The van der Waals surface area contributed by atoms with Gasteiger partial charge in [-0.3, -0.25) is 4.79 Å². The molecule has 1 N–H and O–H groups in total. The predicted octanol–water partition coefficient (Wildman–Crippen LogP) is 2.36. The van der Waals surface area contributed by atoms with Crippen LogP contribution in [0.25, 0.3) is 0 Å². The van der Waals surface area contributed by atoms with E-state index in [2.05, 4.69) is 31.9 Å². The summed E-state index contributed by atoms with van der Waals surface area (Å²) in [6, 6.07) is 3.76. The van der Waals surface area contributed by atoms with E-state index >= 15 is 0 Å². The highest BCUT2D eigenvalue weighted by Crippen LogP contribution is 2.33. The fourth-order valence-electron chi connectivity index (χ4n) is 1.66. The average Bonchev–Trinajstić information content (AvgIpc) is 2.82.